The van der Waals surface area contributed by atoms with Crippen LogP contribution in [0, 0.1) is 15.9 Å². The molecule has 2 amide bonds. The molecular formula is C20H19FN4O4. The maximum atomic E-state index is 14.1. The Morgan fingerprint density at radius 1 is 0.966 bits per heavy atom. The molecule has 0 aromatic heterocycles. The zero-order valence-corrected chi connectivity index (χ0v) is 15.5. The molecule has 2 aromatic rings. The van der Waals surface area contributed by atoms with Crippen LogP contribution in [-0.2, 0) is 9.59 Å². The van der Waals surface area contributed by atoms with E-state index >= 15 is 0 Å². The number of benzene rings is 2. The first-order chi connectivity index (χ1) is 14.0. The highest BCUT2D eigenvalue weighted by Crippen LogP contribution is 2.29. The third-order valence-electron chi connectivity index (χ3n) is 5.40. The molecule has 1 atom stereocenters. The Hall–Kier alpha value is -3.33. The Kier molecular flexibility index (Phi) is 4.98. The first-order valence-electron chi connectivity index (χ1n) is 9.30. The number of rotatable bonds is 4. The average Bonchev–Trinajstić information content (AvgIpc) is 3.03. The summed E-state index contributed by atoms with van der Waals surface area (Å²) in [6.07, 6.45) is 0.0324. The van der Waals surface area contributed by atoms with E-state index in [2.05, 4.69) is 4.90 Å². The molecule has 29 heavy (non-hydrogen) atoms. The minimum absolute atomic E-state index is 0.00508. The van der Waals surface area contributed by atoms with Gasteiger partial charge in [-0.1, -0.05) is 12.1 Å². The summed E-state index contributed by atoms with van der Waals surface area (Å²) in [6, 6.07) is 11.5. The number of hydrogen-bond acceptors (Lipinski definition) is 6. The molecule has 0 saturated carbocycles. The van der Waals surface area contributed by atoms with Gasteiger partial charge in [-0.3, -0.25) is 24.6 Å². The van der Waals surface area contributed by atoms with Gasteiger partial charge in [0.2, 0.25) is 5.91 Å². The van der Waals surface area contributed by atoms with Crippen molar-refractivity contribution in [1.29, 1.82) is 0 Å². The normalized spacial score (nSPS) is 20.4. The molecule has 2 aliphatic heterocycles. The summed E-state index contributed by atoms with van der Waals surface area (Å²) in [6.45, 7) is 2.36. The van der Waals surface area contributed by atoms with Crippen molar-refractivity contribution in [2.45, 2.75) is 12.5 Å². The van der Waals surface area contributed by atoms with Crippen molar-refractivity contribution in [2.24, 2.45) is 0 Å². The van der Waals surface area contributed by atoms with Gasteiger partial charge in [0.15, 0.2) is 0 Å². The van der Waals surface area contributed by atoms with E-state index in [-0.39, 0.29) is 17.8 Å². The van der Waals surface area contributed by atoms with Gasteiger partial charge >= 0.3 is 0 Å². The summed E-state index contributed by atoms with van der Waals surface area (Å²) >= 11 is 0. The van der Waals surface area contributed by atoms with Crippen molar-refractivity contribution >= 4 is 28.9 Å². The Bertz CT molecular complexity index is 957. The third kappa shape index (κ3) is 3.56. The van der Waals surface area contributed by atoms with Crippen LogP contribution in [-0.4, -0.2) is 53.9 Å². The van der Waals surface area contributed by atoms with Gasteiger partial charge in [-0.05, 0) is 24.3 Å². The number of carbonyl (C=O) groups excluding carboxylic acids is 2. The van der Waals surface area contributed by atoms with Gasteiger partial charge in [0, 0.05) is 44.0 Å². The van der Waals surface area contributed by atoms with E-state index in [1.165, 1.54) is 30.3 Å². The van der Waals surface area contributed by atoms with Crippen LogP contribution in [0.25, 0.3) is 0 Å². The molecule has 150 valence electrons. The Balaban J connectivity index is 1.42. The predicted octanol–water partition coefficient (Wildman–Crippen LogP) is 2.19. The first kappa shape index (κ1) is 19.0. The lowest BCUT2D eigenvalue weighted by Gasteiger charge is -2.38. The number of halogens is 1. The fourth-order valence-electron chi connectivity index (χ4n) is 3.86. The van der Waals surface area contributed by atoms with Gasteiger partial charge in [-0.25, -0.2) is 9.29 Å². The average molecular weight is 398 g/mol. The molecule has 2 fully saturated rings. The van der Waals surface area contributed by atoms with Gasteiger partial charge in [-0.15, -0.1) is 0 Å². The lowest BCUT2D eigenvalue weighted by molar-refractivity contribution is -0.384. The molecule has 0 spiro atoms. The zero-order chi connectivity index (χ0) is 20.5. The lowest BCUT2D eigenvalue weighted by Crippen LogP contribution is -2.52. The quantitative estimate of drug-likeness (QED) is 0.446. The van der Waals surface area contributed by atoms with Gasteiger partial charge < -0.3 is 4.90 Å². The van der Waals surface area contributed by atoms with Crippen LogP contribution >= 0.6 is 0 Å². The summed E-state index contributed by atoms with van der Waals surface area (Å²) in [5.74, 6) is -1.40. The number of anilines is 2. The first-order valence-corrected chi connectivity index (χ1v) is 9.30. The van der Waals surface area contributed by atoms with Crippen molar-refractivity contribution in [3.63, 3.8) is 0 Å². The summed E-state index contributed by atoms with van der Waals surface area (Å²) in [4.78, 5) is 40.6. The fraction of sp³-hybridized carbons (Fsp3) is 0.300. The number of carbonyl (C=O) groups is 2. The van der Waals surface area contributed by atoms with Crippen molar-refractivity contribution in [1.82, 2.24) is 4.90 Å². The highest BCUT2D eigenvalue weighted by molar-refractivity contribution is 6.22. The molecule has 2 aliphatic rings. The van der Waals surface area contributed by atoms with E-state index in [0.717, 1.165) is 10.6 Å². The molecule has 2 heterocycles. The summed E-state index contributed by atoms with van der Waals surface area (Å²) in [7, 11) is 0. The minimum atomic E-state index is -0.599. The molecule has 9 heteroatoms. The van der Waals surface area contributed by atoms with Crippen LogP contribution in [0.3, 0.4) is 0 Å². The maximum absolute atomic E-state index is 14.1. The van der Waals surface area contributed by atoms with E-state index in [1.54, 1.807) is 18.2 Å². The van der Waals surface area contributed by atoms with Crippen molar-refractivity contribution < 1.29 is 18.9 Å². The number of nitro benzene ring substituents is 1. The van der Waals surface area contributed by atoms with Gasteiger partial charge in [0.1, 0.15) is 5.82 Å². The minimum Gasteiger partial charge on any atom is -0.369 e. The summed E-state index contributed by atoms with van der Waals surface area (Å²) in [5, 5.41) is 10.8. The summed E-state index contributed by atoms with van der Waals surface area (Å²) < 4.78 is 14.1. The van der Waals surface area contributed by atoms with Crippen molar-refractivity contribution in [3.05, 3.63) is 64.5 Å². The SMILES string of the molecule is O=C1CC(N2CCN(c3ccc([N+](=O)[O-])cc3)CC2)C(=O)N1c1ccccc1F. The molecule has 8 nitrogen and oxygen atoms in total. The smallest absolute Gasteiger partial charge is 0.269 e. The fourth-order valence-corrected chi connectivity index (χ4v) is 3.86. The molecular weight excluding hydrogens is 379 g/mol. The molecule has 0 N–H and O–H groups in total. The number of para-hydroxylation sites is 1. The van der Waals surface area contributed by atoms with Crippen LogP contribution in [0.4, 0.5) is 21.5 Å². The molecule has 0 radical (unpaired) electrons. The Labute approximate surface area is 166 Å². The highest BCUT2D eigenvalue weighted by Gasteiger charge is 2.44. The van der Waals surface area contributed by atoms with E-state index in [0.29, 0.717) is 26.2 Å². The van der Waals surface area contributed by atoms with Crippen LogP contribution in [0.2, 0.25) is 0 Å². The zero-order valence-electron chi connectivity index (χ0n) is 15.5. The van der Waals surface area contributed by atoms with E-state index < -0.39 is 28.6 Å². The number of piperazine rings is 1. The second-order valence-corrected chi connectivity index (χ2v) is 7.04. The Morgan fingerprint density at radius 2 is 1.62 bits per heavy atom. The molecule has 4 rings (SSSR count). The number of hydrogen-bond donors (Lipinski definition) is 0. The topological polar surface area (TPSA) is 87.0 Å². The largest absolute Gasteiger partial charge is 0.369 e. The van der Waals surface area contributed by atoms with Gasteiger partial charge in [-0.2, -0.15) is 0 Å². The molecule has 1 unspecified atom stereocenters. The van der Waals surface area contributed by atoms with Gasteiger partial charge in [0.25, 0.3) is 11.6 Å². The number of nitrogens with zero attached hydrogens (tertiary/aromatic N) is 4. The van der Waals surface area contributed by atoms with Crippen molar-refractivity contribution in [2.75, 3.05) is 36.0 Å². The number of nitro groups is 1. The maximum Gasteiger partial charge on any atom is 0.269 e. The lowest BCUT2D eigenvalue weighted by atomic mass is 10.1. The molecule has 2 aromatic carbocycles. The van der Waals surface area contributed by atoms with E-state index in [4.69, 9.17) is 0 Å². The number of non-ortho nitro benzene ring substituents is 1. The van der Waals surface area contributed by atoms with E-state index in [1.807, 2.05) is 4.90 Å². The third-order valence-corrected chi connectivity index (χ3v) is 5.40. The second kappa shape index (κ2) is 7.59. The predicted molar refractivity (Wildman–Crippen MR) is 104 cm³/mol. The monoisotopic (exact) mass is 398 g/mol. The van der Waals surface area contributed by atoms with Crippen LogP contribution in [0.5, 0.6) is 0 Å². The summed E-state index contributed by atoms with van der Waals surface area (Å²) in [5.41, 5.74) is 0.905. The number of amides is 2. The van der Waals surface area contributed by atoms with Gasteiger partial charge in [0.05, 0.1) is 23.1 Å². The van der Waals surface area contributed by atoms with E-state index in [9.17, 15) is 24.1 Å². The molecule has 0 aliphatic carbocycles. The van der Waals surface area contributed by atoms with Crippen LogP contribution in [0.1, 0.15) is 6.42 Å². The molecule has 0 bridgehead atoms. The van der Waals surface area contributed by atoms with Crippen LogP contribution in [0.15, 0.2) is 48.5 Å². The molecule has 2 saturated heterocycles. The van der Waals surface area contributed by atoms with Crippen molar-refractivity contribution in [3.8, 4) is 0 Å². The second-order valence-electron chi connectivity index (χ2n) is 7.04. The number of imide groups is 1. The standard InChI is InChI=1S/C20H19FN4O4/c21-16-3-1-2-4-17(16)24-19(26)13-18(20(24)27)23-11-9-22(10-12-23)14-5-7-15(8-6-14)25(28)29/h1-8,18H,9-13H2. The van der Waals surface area contributed by atoms with Crippen LogP contribution < -0.4 is 9.80 Å². The highest BCUT2D eigenvalue weighted by atomic mass is 19.1. The Morgan fingerprint density at radius 3 is 2.24 bits per heavy atom.